The van der Waals surface area contributed by atoms with E-state index in [-0.39, 0.29) is 6.10 Å². The molecule has 0 aliphatic carbocycles. The maximum Gasteiger partial charge on any atom is 0.120 e. The Bertz CT molecular complexity index is 541. The maximum absolute atomic E-state index is 5.83. The summed E-state index contributed by atoms with van der Waals surface area (Å²) in [5.74, 6) is 0.910. The summed E-state index contributed by atoms with van der Waals surface area (Å²) in [5.41, 5.74) is 9.47. The SMILES string of the molecule is Cc1c(CN)c2cc(OC(C)C)ccc2n1C. The number of aromatic nitrogens is 1. The molecule has 17 heavy (non-hydrogen) atoms. The average Bonchev–Trinajstić information content (AvgIpc) is 2.50. The van der Waals surface area contributed by atoms with E-state index < -0.39 is 0 Å². The molecule has 2 aromatic rings. The molecule has 0 unspecified atom stereocenters. The van der Waals surface area contributed by atoms with Gasteiger partial charge in [-0.3, -0.25) is 0 Å². The van der Waals surface area contributed by atoms with E-state index in [1.165, 1.54) is 22.2 Å². The third-order valence-electron chi connectivity index (χ3n) is 3.17. The molecule has 0 aliphatic heterocycles. The van der Waals surface area contributed by atoms with Gasteiger partial charge in [-0.05, 0) is 44.5 Å². The van der Waals surface area contributed by atoms with Crippen molar-refractivity contribution < 1.29 is 4.74 Å². The number of rotatable bonds is 3. The highest BCUT2D eigenvalue weighted by molar-refractivity contribution is 5.86. The molecule has 0 saturated carbocycles. The summed E-state index contributed by atoms with van der Waals surface area (Å²) in [4.78, 5) is 0. The number of hydrogen-bond donors (Lipinski definition) is 1. The molecule has 0 aliphatic rings. The lowest BCUT2D eigenvalue weighted by Crippen LogP contribution is -2.05. The number of fused-ring (bicyclic) bond motifs is 1. The third-order valence-corrected chi connectivity index (χ3v) is 3.17. The zero-order valence-electron chi connectivity index (χ0n) is 10.9. The number of aryl methyl sites for hydroxylation is 1. The highest BCUT2D eigenvalue weighted by Gasteiger charge is 2.11. The van der Waals surface area contributed by atoms with Crippen LogP contribution in [0.2, 0.25) is 0 Å². The van der Waals surface area contributed by atoms with Crippen molar-refractivity contribution >= 4 is 10.9 Å². The van der Waals surface area contributed by atoms with E-state index in [1.807, 2.05) is 19.9 Å². The minimum Gasteiger partial charge on any atom is -0.491 e. The molecule has 1 aromatic heterocycles. The van der Waals surface area contributed by atoms with Crippen LogP contribution >= 0.6 is 0 Å². The molecule has 0 saturated heterocycles. The molecule has 0 radical (unpaired) electrons. The molecule has 1 aromatic carbocycles. The van der Waals surface area contributed by atoms with Crippen LogP contribution in [0.4, 0.5) is 0 Å². The van der Waals surface area contributed by atoms with E-state index in [0.717, 1.165) is 5.75 Å². The molecular formula is C14H20N2O. The first-order valence-electron chi connectivity index (χ1n) is 5.99. The van der Waals surface area contributed by atoms with Crippen molar-refractivity contribution in [3.8, 4) is 5.75 Å². The summed E-state index contributed by atoms with van der Waals surface area (Å²) >= 11 is 0. The predicted molar refractivity (Wildman–Crippen MR) is 71.3 cm³/mol. The van der Waals surface area contributed by atoms with Gasteiger partial charge >= 0.3 is 0 Å². The number of nitrogens with zero attached hydrogens (tertiary/aromatic N) is 1. The van der Waals surface area contributed by atoms with Gasteiger partial charge in [0.15, 0.2) is 0 Å². The van der Waals surface area contributed by atoms with Crippen LogP contribution in [0.5, 0.6) is 5.75 Å². The average molecular weight is 232 g/mol. The fourth-order valence-corrected chi connectivity index (χ4v) is 2.23. The second kappa shape index (κ2) is 4.41. The molecule has 3 nitrogen and oxygen atoms in total. The first-order chi connectivity index (χ1) is 8.04. The molecule has 2 rings (SSSR count). The fourth-order valence-electron chi connectivity index (χ4n) is 2.23. The summed E-state index contributed by atoms with van der Waals surface area (Å²) in [5, 5.41) is 1.20. The van der Waals surface area contributed by atoms with Crippen LogP contribution in [-0.4, -0.2) is 10.7 Å². The quantitative estimate of drug-likeness (QED) is 0.884. The van der Waals surface area contributed by atoms with Gasteiger partial charge in [0.25, 0.3) is 0 Å². The first kappa shape index (κ1) is 12.0. The third kappa shape index (κ3) is 2.03. The van der Waals surface area contributed by atoms with Crippen LogP contribution in [0, 0.1) is 6.92 Å². The van der Waals surface area contributed by atoms with Crippen molar-refractivity contribution in [2.24, 2.45) is 12.8 Å². The molecule has 0 bridgehead atoms. The molecule has 1 heterocycles. The Morgan fingerprint density at radius 2 is 2.06 bits per heavy atom. The Morgan fingerprint density at radius 1 is 1.35 bits per heavy atom. The van der Waals surface area contributed by atoms with Crippen molar-refractivity contribution in [1.82, 2.24) is 4.57 Å². The van der Waals surface area contributed by atoms with Gasteiger partial charge in [0.05, 0.1) is 6.10 Å². The first-order valence-corrected chi connectivity index (χ1v) is 5.99. The number of hydrogen-bond acceptors (Lipinski definition) is 2. The minimum atomic E-state index is 0.193. The van der Waals surface area contributed by atoms with Crippen LogP contribution in [0.15, 0.2) is 18.2 Å². The van der Waals surface area contributed by atoms with Crippen LogP contribution in [-0.2, 0) is 13.6 Å². The molecule has 0 atom stereocenters. The Hall–Kier alpha value is -1.48. The van der Waals surface area contributed by atoms with Gasteiger partial charge in [-0.2, -0.15) is 0 Å². The van der Waals surface area contributed by atoms with E-state index in [0.29, 0.717) is 6.54 Å². The summed E-state index contributed by atoms with van der Waals surface area (Å²) in [6.45, 7) is 6.73. The van der Waals surface area contributed by atoms with Gasteiger partial charge in [-0.15, -0.1) is 0 Å². The molecular weight excluding hydrogens is 212 g/mol. The zero-order chi connectivity index (χ0) is 12.6. The normalized spacial score (nSPS) is 11.4. The smallest absolute Gasteiger partial charge is 0.120 e. The van der Waals surface area contributed by atoms with Gasteiger partial charge in [-0.25, -0.2) is 0 Å². The zero-order valence-corrected chi connectivity index (χ0v) is 10.9. The summed E-state index contributed by atoms with van der Waals surface area (Å²) < 4.78 is 7.90. The molecule has 3 heteroatoms. The van der Waals surface area contributed by atoms with E-state index in [9.17, 15) is 0 Å². The monoisotopic (exact) mass is 232 g/mol. The molecule has 0 fully saturated rings. The van der Waals surface area contributed by atoms with E-state index >= 15 is 0 Å². The molecule has 0 spiro atoms. The van der Waals surface area contributed by atoms with Crippen LogP contribution in [0.1, 0.15) is 25.1 Å². The lowest BCUT2D eigenvalue weighted by atomic mass is 10.1. The van der Waals surface area contributed by atoms with Gasteiger partial charge in [-0.1, -0.05) is 0 Å². The van der Waals surface area contributed by atoms with Gasteiger partial charge in [0, 0.05) is 30.2 Å². The van der Waals surface area contributed by atoms with Crippen molar-refractivity contribution in [3.05, 3.63) is 29.5 Å². The van der Waals surface area contributed by atoms with Crippen LogP contribution < -0.4 is 10.5 Å². The minimum absolute atomic E-state index is 0.193. The Balaban J connectivity index is 2.59. The molecule has 92 valence electrons. The standard InChI is InChI=1S/C14H20N2O/c1-9(2)17-11-5-6-14-12(7-11)13(8-15)10(3)16(14)4/h5-7,9H,8,15H2,1-4H3. The van der Waals surface area contributed by atoms with Crippen molar-refractivity contribution in [1.29, 1.82) is 0 Å². The van der Waals surface area contributed by atoms with E-state index in [4.69, 9.17) is 10.5 Å². The Morgan fingerprint density at radius 3 is 2.65 bits per heavy atom. The second-order valence-corrected chi connectivity index (χ2v) is 4.67. The highest BCUT2D eigenvalue weighted by atomic mass is 16.5. The van der Waals surface area contributed by atoms with Gasteiger partial charge in [0.2, 0.25) is 0 Å². The lowest BCUT2D eigenvalue weighted by molar-refractivity contribution is 0.243. The fraction of sp³-hybridized carbons (Fsp3) is 0.429. The van der Waals surface area contributed by atoms with Crippen molar-refractivity contribution in [3.63, 3.8) is 0 Å². The Kier molecular flexibility index (Phi) is 3.11. The van der Waals surface area contributed by atoms with Gasteiger partial charge < -0.3 is 15.0 Å². The van der Waals surface area contributed by atoms with Crippen LogP contribution in [0.25, 0.3) is 10.9 Å². The largest absolute Gasteiger partial charge is 0.491 e. The summed E-state index contributed by atoms with van der Waals surface area (Å²) in [6.07, 6.45) is 0.193. The predicted octanol–water partition coefficient (Wildman–Crippen LogP) is 2.73. The van der Waals surface area contributed by atoms with Crippen LogP contribution in [0.3, 0.4) is 0 Å². The molecule has 2 N–H and O–H groups in total. The Labute approximate surface area is 102 Å². The second-order valence-electron chi connectivity index (χ2n) is 4.67. The number of ether oxygens (including phenoxy) is 1. The summed E-state index contributed by atoms with van der Waals surface area (Å²) in [6, 6.07) is 6.20. The maximum atomic E-state index is 5.83. The van der Waals surface area contributed by atoms with E-state index in [2.05, 4.69) is 30.7 Å². The molecule has 0 amide bonds. The topological polar surface area (TPSA) is 40.2 Å². The lowest BCUT2D eigenvalue weighted by Gasteiger charge is -2.09. The summed E-state index contributed by atoms with van der Waals surface area (Å²) in [7, 11) is 2.07. The van der Waals surface area contributed by atoms with Crippen molar-refractivity contribution in [2.75, 3.05) is 0 Å². The van der Waals surface area contributed by atoms with Gasteiger partial charge in [0.1, 0.15) is 5.75 Å². The number of nitrogens with two attached hydrogens (primary N) is 1. The highest BCUT2D eigenvalue weighted by Crippen LogP contribution is 2.28. The van der Waals surface area contributed by atoms with E-state index in [1.54, 1.807) is 0 Å². The number of benzene rings is 1. The van der Waals surface area contributed by atoms with Crippen molar-refractivity contribution in [2.45, 2.75) is 33.4 Å².